The third-order valence-corrected chi connectivity index (χ3v) is 4.64. The van der Waals surface area contributed by atoms with Gasteiger partial charge in [-0.05, 0) is 19.9 Å². The highest BCUT2D eigenvalue weighted by molar-refractivity contribution is 5.90. The molecule has 1 saturated carbocycles. The summed E-state index contributed by atoms with van der Waals surface area (Å²) >= 11 is 0. The summed E-state index contributed by atoms with van der Waals surface area (Å²) in [6, 6.07) is 0. The van der Waals surface area contributed by atoms with Crippen LogP contribution in [0.2, 0.25) is 0 Å². The minimum Gasteiger partial charge on any atom is -0.476 e. The first kappa shape index (κ1) is 15.2. The molecule has 120 valence electrons. The fraction of sp³-hybridized carbons (Fsp3) is 0.667. The number of carbonyl (C=O) groups is 1. The maximum atomic E-state index is 11.2. The van der Waals surface area contributed by atoms with E-state index >= 15 is 0 Å². The molecule has 2 fully saturated rings. The molecular weight excluding hydrogens is 282 g/mol. The van der Waals surface area contributed by atoms with E-state index in [1.807, 2.05) is 0 Å². The van der Waals surface area contributed by atoms with E-state index in [0.717, 1.165) is 39.3 Å². The smallest absolute Gasteiger partial charge is 0.358 e. The lowest BCUT2D eigenvalue weighted by Gasteiger charge is -2.35. The van der Waals surface area contributed by atoms with Gasteiger partial charge in [-0.15, -0.1) is 0 Å². The average molecular weight is 305 g/mol. The molecule has 1 saturated heterocycles. The van der Waals surface area contributed by atoms with Gasteiger partial charge in [-0.1, -0.05) is 0 Å². The first-order valence-corrected chi connectivity index (χ1v) is 7.77. The fourth-order valence-corrected chi connectivity index (χ4v) is 2.94. The number of nitrogens with one attached hydrogen (secondary N) is 1. The van der Waals surface area contributed by atoms with Crippen molar-refractivity contribution in [1.82, 2.24) is 19.8 Å². The van der Waals surface area contributed by atoms with Crippen molar-refractivity contribution in [2.45, 2.75) is 12.8 Å². The Hall–Kier alpha value is -1.73. The molecule has 1 aromatic heterocycles. The Morgan fingerprint density at radius 1 is 1.27 bits per heavy atom. The lowest BCUT2D eigenvalue weighted by Crippen LogP contribution is -2.47. The van der Waals surface area contributed by atoms with E-state index in [2.05, 4.69) is 32.1 Å². The summed E-state index contributed by atoms with van der Waals surface area (Å²) in [5.74, 6) is -0.667. The number of piperazine rings is 1. The number of aromatic nitrogens is 2. The quantitative estimate of drug-likeness (QED) is 0.797. The second-order valence-electron chi connectivity index (χ2n) is 6.49. The molecule has 22 heavy (non-hydrogen) atoms. The van der Waals surface area contributed by atoms with E-state index < -0.39 is 5.97 Å². The van der Waals surface area contributed by atoms with Crippen molar-refractivity contribution >= 4 is 11.8 Å². The van der Waals surface area contributed by atoms with E-state index in [1.54, 1.807) is 0 Å². The second-order valence-corrected chi connectivity index (χ2v) is 6.49. The molecule has 0 unspecified atom stereocenters. The number of aromatic carboxylic acids is 1. The summed E-state index contributed by atoms with van der Waals surface area (Å²) in [6.07, 6.45) is 5.31. The normalized spacial score (nSPS) is 21.5. The van der Waals surface area contributed by atoms with Crippen LogP contribution in [0.5, 0.6) is 0 Å². The monoisotopic (exact) mass is 305 g/mol. The number of hydrogen-bond donors (Lipinski definition) is 2. The molecule has 0 aromatic carbocycles. The Balaban J connectivity index is 1.56. The van der Waals surface area contributed by atoms with Crippen molar-refractivity contribution in [2.75, 3.05) is 51.6 Å². The van der Waals surface area contributed by atoms with E-state index in [4.69, 9.17) is 5.11 Å². The van der Waals surface area contributed by atoms with Crippen LogP contribution >= 0.6 is 0 Å². The number of carboxylic acid groups (broad SMARTS) is 1. The van der Waals surface area contributed by atoms with Gasteiger partial charge in [-0.2, -0.15) is 0 Å². The third-order valence-electron chi connectivity index (χ3n) is 4.64. The third kappa shape index (κ3) is 3.53. The van der Waals surface area contributed by atoms with Crippen LogP contribution in [0.15, 0.2) is 12.4 Å². The zero-order valence-electron chi connectivity index (χ0n) is 13.0. The van der Waals surface area contributed by atoms with Crippen LogP contribution in [0.25, 0.3) is 0 Å². The number of rotatable bonds is 6. The highest BCUT2D eigenvalue weighted by Crippen LogP contribution is 2.46. The van der Waals surface area contributed by atoms with Gasteiger partial charge < -0.3 is 20.2 Å². The Bertz CT molecular complexity index is 538. The average Bonchev–Trinajstić information content (AvgIpc) is 3.28. The maximum absolute atomic E-state index is 11.2. The van der Waals surface area contributed by atoms with E-state index in [0.29, 0.717) is 5.82 Å². The summed E-state index contributed by atoms with van der Waals surface area (Å²) in [7, 11) is 2.16. The molecule has 1 aromatic rings. The van der Waals surface area contributed by atoms with Crippen molar-refractivity contribution < 1.29 is 9.90 Å². The van der Waals surface area contributed by atoms with E-state index in [1.165, 1.54) is 25.2 Å². The van der Waals surface area contributed by atoms with Gasteiger partial charge in [0.05, 0.1) is 0 Å². The van der Waals surface area contributed by atoms with Crippen LogP contribution in [-0.4, -0.2) is 77.2 Å². The number of anilines is 1. The predicted molar refractivity (Wildman–Crippen MR) is 83.1 cm³/mol. The Morgan fingerprint density at radius 3 is 2.59 bits per heavy atom. The lowest BCUT2D eigenvalue weighted by atomic mass is 10.1. The summed E-state index contributed by atoms with van der Waals surface area (Å²) in [6.45, 7) is 6.32. The Kier molecular flexibility index (Phi) is 4.26. The molecule has 0 amide bonds. The molecule has 0 spiro atoms. The summed E-state index contributed by atoms with van der Waals surface area (Å²) in [5, 5.41) is 12.3. The predicted octanol–water partition coefficient (Wildman–Crippen LogP) is 0.614. The zero-order chi connectivity index (χ0) is 15.6. The van der Waals surface area contributed by atoms with Gasteiger partial charge in [0.1, 0.15) is 0 Å². The lowest BCUT2D eigenvalue weighted by molar-refractivity contribution is 0.0691. The van der Waals surface area contributed by atoms with Crippen LogP contribution in [0.3, 0.4) is 0 Å². The van der Waals surface area contributed by atoms with Crippen molar-refractivity contribution in [2.24, 2.45) is 5.41 Å². The molecule has 7 heteroatoms. The molecule has 0 atom stereocenters. The number of hydrogen-bond acceptors (Lipinski definition) is 6. The number of carboxylic acids is 1. The largest absolute Gasteiger partial charge is 0.476 e. The van der Waals surface area contributed by atoms with Crippen molar-refractivity contribution in [3.63, 3.8) is 0 Å². The molecule has 1 aliphatic heterocycles. The molecule has 2 heterocycles. The van der Waals surface area contributed by atoms with Crippen LogP contribution < -0.4 is 5.32 Å². The number of likely N-dealkylation sites (N-methyl/N-ethyl adjacent to an activating group) is 1. The molecule has 0 bridgehead atoms. The number of nitrogens with zero attached hydrogens (tertiary/aromatic N) is 4. The topological polar surface area (TPSA) is 81.6 Å². The molecule has 0 radical (unpaired) electrons. The van der Waals surface area contributed by atoms with Gasteiger partial charge >= 0.3 is 5.97 Å². The maximum Gasteiger partial charge on any atom is 0.358 e. The fourth-order valence-electron chi connectivity index (χ4n) is 2.94. The highest BCUT2D eigenvalue weighted by Gasteiger charge is 2.44. The van der Waals surface area contributed by atoms with Gasteiger partial charge in [-0.25, -0.2) is 14.8 Å². The summed E-state index contributed by atoms with van der Waals surface area (Å²) < 4.78 is 0. The van der Waals surface area contributed by atoms with Crippen molar-refractivity contribution in [3.05, 3.63) is 18.1 Å². The van der Waals surface area contributed by atoms with E-state index in [-0.39, 0.29) is 11.1 Å². The highest BCUT2D eigenvalue weighted by atomic mass is 16.4. The van der Waals surface area contributed by atoms with Crippen LogP contribution in [0, 0.1) is 5.41 Å². The molecule has 7 nitrogen and oxygen atoms in total. The molecule has 2 aliphatic rings. The zero-order valence-corrected chi connectivity index (χ0v) is 13.0. The molecule has 2 N–H and O–H groups in total. The Labute approximate surface area is 130 Å². The van der Waals surface area contributed by atoms with Crippen molar-refractivity contribution in [1.29, 1.82) is 0 Å². The second kappa shape index (κ2) is 6.18. The van der Waals surface area contributed by atoms with Gasteiger partial charge in [-0.3, -0.25) is 0 Å². The van der Waals surface area contributed by atoms with Crippen molar-refractivity contribution in [3.8, 4) is 0 Å². The molecule has 3 rings (SSSR count). The van der Waals surface area contributed by atoms with Crippen LogP contribution in [0.1, 0.15) is 23.3 Å². The minimum atomic E-state index is -1.04. The van der Waals surface area contributed by atoms with Gasteiger partial charge in [0, 0.05) is 57.1 Å². The Morgan fingerprint density at radius 2 is 1.95 bits per heavy atom. The molecular formula is C15H23N5O2. The standard InChI is InChI=1S/C15H23N5O2/c1-19-6-8-20(9-7-19)11-15(2-3-15)10-18-13-12(14(21)22)16-4-5-17-13/h4-5H,2-3,6-11H2,1H3,(H,17,18)(H,21,22). The summed E-state index contributed by atoms with van der Waals surface area (Å²) in [4.78, 5) is 24.0. The van der Waals surface area contributed by atoms with Crippen LogP contribution in [0.4, 0.5) is 5.82 Å². The first-order valence-electron chi connectivity index (χ1n) is 7.77. The minimum absolute atomic E-state index is 0.00195. The van der Waals surface area contributed by atoms with Gasteiger partial charge in [0.2, 0.25) is 0 Å². The first-order chi connectivity index (χ1) is 10.6. The van der Waals surface area contributed by atoms with E-state index in [9.17, 15) is 4.79 Å². The van der Waals surface area contributed by atoms with Gasteiger partial charge in [0.25, 0.3) is 0 Å². The van der Waals surface area contributed by atoms with Crippen LogP contribution in [-0.2, 0) is 0 Å². The molecule has 1 aliphatic carbocycles. The van der Waals surface area contributed by atoms with Gasteiger partial charge in [0.15, 0.2) is 11.5 Å². The summed E-state index contributed by atoms with van der Waals surface area (Å²) in [5.41, 5.74) is 0.265. The SMILES string of the molecule is CN1CCN(CC2(CNc3nccnc3C(=O)O)CC2)CC1.